The maximum atomic E-state index is 12.7. The third-order valence-electron chi connectivity index (χ3n) is 6.08. The molecule has 1 N–H and O–H groups in total. The molecule has 2 rings (SSSR count). The van der Waals surface area contributed by atoms with Crippen LogP contribution in [0.4, 0.5) is 0 Å². The standard InChI is InChI=1S/C18H34N2O/c1-17(2,3)15-8-6-14(7-9-15)16(21)20-12-10-18(4,19-5)11-13-20/h14-15,19H,6-13H2,1-5H3. The summed E-state index contributed by atoms with van der Waals surface area (Å²) in [4.78, 5) is 14.8. The lowest BCUT2D eigenvalue weighted by Gasteiger charge is -2.42. The topological polar surface area (TPSA) is 32.3 Å². The third-order valence-corrected chi connectivity index (χ3v) is 6.08. The maximum Gasteiger partial charge on any atom is 0.225 e. The van der Waals surface area contributed by atoms with Gasteiger partial charge in [0.15, 0.2) is 0 Å². The zero-order chi connectivity index (χ0) is 15.7. The Morgan fingerprint density at radius 1 is 1.10 bits per heavy atom. The molecule has 0 aromatic heterocycles. The average molecular weight is 294 g/mol. The fraction of sp³-hybridized carbons (Fsp3) is 0.944. The SMILES string of the molecule is CNC1(C)CCN(C(=O)C2CCC(C(C)(C)C)CC2)CC1. The highest BCUT2D eigenvalue weighted by atomic mass is 16.2. The van der Waals surface area contributed by atoms with Crippen molar-refractivity contribution in [3.8, 4) is 0 Å². The number of carbonyl (C=O) groups excluding carboxylic acids is 1. The molecule has 0 aromatic rings. The van der Waals surface area contributed by atoms with Crippen LogP contribution in [0.1, 0.15) is 66.2 Å². The van der Waals surface area contributed by atoms with Crippen LogP contribution in [0.25, 0.3) is 0 Å². The summed E-state index contributed by atoms with van der Waals surface area (Å²) in [5.41, 5.74) is 0.619. The van der Waals surface area contributed by atoms with Crippen LogP contribution in [-0.2, 0) is 4.79 Å². The molecule has 0 spiro atoms. The molecule has 1 aliphatic carbocycles. The first-order valence-corrected chi connectivity index (χ1v) is 8.73. The van der Waals surface area contributed by atoms with Gasteiger partial charge in [-0.3, -0.25) is 4.79 Å². The lowest BCUT2D eigenvalue weighted by molar-refractivity contribution is -0.138. The van der Waals surface area contributed by atoms with Crippen molar-refractivity contribution in [3.05, 3.63) is 0 Å². The van der Waals surface area contributed by atoms with Crippen molar-refractivity contribution in [2.75, 3.05) is 20.1 Å². The normalized spacial score (nSPS) is 30.2. The van der Waals surface area contributed by atoms with E-state index in [4.69, 9.17) is 0 Å². The van der Waals surface area contributed by atoms with Crippen molar-refractivity contribution in [1.29, 1.82) is 0 Å². The van der Waals surface area contributed by atoms with Crippen LogP contribution in [0.2, 0.25) is 0 Å². The monoisotopic (exact) mass is 294 g/mol. The van der Waals surface area contributed by atoms with Crippen LogP contribution in [0, 0.1) is 17.3 Å². The van der Waals surface area contributed by atoms with Gasteiger partial charge < -0.3 is 10.2 Å². The molecule has 0 radical (unpaired) electrons. The lowest BCUT2D eigenvalue weighted by atomic mass is 9.69. The van der Waals surface area contributed by atoms with Crippen LogP contribution in [-0.4, -0.2) is 36.5 Å². The zero-order valence-corrected chi connectivity index (χ0v) is 14.7. The summed E-state index contributed by atoms with van der Waals surface area (Å²) in [5, 5.41) is 3.40. The van der Waals surface area contributed by atoms with Gasteiger partial charge in [0.1, 0.15) is 0 Å². The first-order chi connectivity index (χ1) is 9.75. The Balaban J connectivity index is 1.83. The molecule has 2 aliphatic rings. The maximum absolute atomic E-state index is 12.7. The minimum atomic E-state index is 0.223. The van der Waals surface area contributed by atoms with E-state index in [1.54, 1.807) is 0 Å². The highest BCUT2D eigenvalue weighted by Gasteiger charge is 2.36. The van der Waals surface area contributed by atoms with Crippen molar-refractivity contribution in [1.82, 2.24) is 10.2 Å². The molecule has 3 heteroatoms. The number of hydrogen-bond donors (Lipinski definition) is 1. The van der Waals surface area contributed by atoms with Crippen molar-refractivity contribution in [2.45, 2.75) is 71.8 Å². The number of rotatable bonds is 2. The van der Waals surface area contributed by atoms with Crippen molar-refractivity contribution < 1.29 is 4.79 Å². The van der Waals surface area contributed by atoms with E-state index in [1.165, 1.54) is 12.8 Å². The highest BCUT2D eigenvalue weighted by molar-refractivity contribution is 5.79. The van der Waals surface area contributed by atoms with Crippen LogP contribution >= 0.6 is 0 Å². The molecule has 1 saturated carbocycles. The summed E-state index contributed by atoms with van der Waals surface area (Å²) in [6, 6.07) is 0. The number of carbonyl (C=O) groups is 1. The molecule has 0 aromatic carbocycles. The molecule has 1 heterocycles. The van der Waals surface area contributed by atoms with E-state index in [2.05, 4.69) is 37.9 Å². The van der Waals surface area contributed by atoms with Crippen LogP contribution < -0.4 is 5.32 Å². The number of likely N-dealkylation sites (tertiary alicyclic amines) is 1. The first-order valence-electron chi connectivity index (χ1n) is 8.73. The number of piperidine rings is 1. The summed E-state index contributed by atoms with van der Waals surface area (Å²) < 4.78 is 0. The van der Waals surface area contributed by atoms with E-state index in [9.17, 15) is 4.79 Å². The molecule has 0 unspecified atom stereocenters. The van der Waals surface area contributed by atoms with Gasteiger partial charge in [0.25, 0.3) is 0 Å². The van der Waals surface area contributed by atoms with E-state index in [-0.39, 0.29) is 5.54 Å². The van der Waals surface area contributed by atoms with Crippen LogP contribution in [0.5, 0.6) is 0 Å². The Bertz CT molecular complexity index is 356. The fourth-order valence-corrected chi connectivity index (χ4v) is 3.94. The molecule has 0 bridgehead atoms. The molecule has 0 atom stereocenters. The summed E-state index contributed by atoms with van der Waals surface area (Å²) in [6.45, 7) is 11.1. The Labute approximate surface area is 130 Å². The number of hydrogen-bond acceptors (Lipinski definition) is 2. The first kappa shape index (κ1) is 16.8. The summed E-state index contributed by atoms with van der Waals surface area (Å²) >= 11 is 0. The molecule has 2 fully saturated rings. The Morgan fingerprint density at radius 3 is 2.05 bits per heavy atom. The Hall–Kier alpha value is -0.570. The van der Waals surface area contributed by atoms with Gasteiger partial charge in [-0.05, 0) is 63.8 Å². The zero-order valence-electron chi connectivity index (χ0n) is 14.7. The smallest absolute Gasteiger partial charge is 0.225 e. The van der Waals surface area contributed by atoms with Crippen LogP contribution in [0.3, 0.4) is 0 Å². The molecule has 1 saturated heterocycles. The van der Waals surface area contributed by atoms with E-state index in [0.717, 1.165) is 44.7 Å². The Morgan fingerprint density at radius 2 is 1.62 bits per heavy atom. The van der Waals surface area contributed by atoms with E-state index >= 15 is 0 Å². The molecular weight excluding hydrogens is 260 g/mol. The van der Waals surface area contributed by atoms with E-state index in [1.807, 2.05) is 7.05 Å². The van der Waals surface area contributed by atoms with Gasteiger partial charge in [0.2, 0.25) is 5.91 Å². The van der Waals surface area contributed by atoms with Gasteiger partial charge in [-0.15, -0.1) is 0 Å². The summed E-state index contributed by atoms with van der Waals surface area (Å²) in [5.74, 6) is 1.51. The minimum Gasteiger partial charge on any atom is -0.342 e. The number of amides is 1. The highest BCUT2D eigenvalue weighted by Crippen LogP contribution is 2.40. The second-order valence-electron chi connectivity index (χ2n) is 8.55. The van der Waals surface area contributed by atoms with Crippen LogP contribution in [0.15, 0.2) is 0 Å². The predicted octanol–water partition coefficient (Wildman–Crippen LogP) is 3.44. The largest absolute Gasteiger partial charge is 0.342 e. The number of nitrogens with one attached hydrogen (secondary N) is 1. The number of nitrogens with zero attached hydrogens (tertiary/aromatic N) is 1. The van der Waals surface area contributed by atoms with Gasteiger partial charge in [0.05, 0.1) is 0 Å². The molecule has 21 heavy (non-hydrogen) atoms. The molecule has 1 aliphatic heterocycles. The Kier molecular flexibility index (Phi) is 5.02. The molecule has 1 amide bonds. The van der Waals surface area contributed by atoms with E-state index in [0.29, 0.717) is 17.2 Å². The summed E-state index contributed by atoms with van der Waals surface area (Å²) in [7, 11) is 2.03. The fourth-order valence-electron chi connectivity index (χ4n) is 3.94. The van der Waals surface area contributed by atoms with Gasteiger partial charge in [-0.25, -0.2) is 0 Å². The van der Waals surface area contributed by atoms with Crippen molar-refractivity contribution in [2.24, 2.45) is 17.3 Å². The second kappa shape index (κ2) is 6.28. The van der Waals surface area contributed by atoms with Crippen molar-refractivity contribution in [3.63, 3.8) is 0 Å². The van der Waals surface area contributed by atoms with E-state index < -0.39 is 0 Å². The van der Waals surface area contributed by atoms with Gasteiger partial charge in [-0.1, -0.05) is 20.8 Å². The summed E-state index contributed by atoms with van der Waals surface area (Å²) in [6.07, 6.45) is 6.80. The quantitative estimate of drug-likeness (QED) is 0.846. The van der Waals surface area contributed by atoms with Gasteiger partial charge >= 0.3 is 0 Å². The molecule has 3 nitrogen and oxygen atoms in total. The molecule has 122 valence electrons. The van der Waals surface area contributed by atoms with Gasteiger partial charge in [-0.2, -0.15) is 0 Å². The third kappa shape index (κ3) is 4.00. The molecular formula is C18H34N2O. The second-order valence-corrected chi connectivity index (χ2v) is 8.55. The van der Waals surface area contributed by atoms with Crippen molar-refractivity contribution >= 4 is 5.91 Å². The predicted molar refractivity (Wildman–Crippen MR) is 88.2 cm³/mol. The van der Waals surface area contributed by atoms with Gasteiger partial charge in [0, 0.05) is 24.5 Å². The lowest BCUT2D eigenvalue weighted by Crippen LogP contribution is -2.52. The minimum absolute atomic E-state index is 0.223. The average Bonchev–Trinajstić information content (AvgIpc) is 2.47.